The van der Waals surface area contributed by atoms with Crippen LogP contribution in [0.5, 0.6) is 0 Å². The molecule has 2 aromatic rings. The Bertz CT molecular complexity index is 621. The molecular weight excluding hydrogens is 239 g/mol. The number of benzene rings is 2. The van der Waals surface area contributed by atoms with Crippen molar-refractivity contribution in [2.24, 2.45) is 0 Å². The van der Waals surface area contributed by atoms with Gasteiger partial charge in [-0.25, -0.2) is 4.39 Å². The van der Waals surface area contributed by atoms with Crippen molar-refractivity contribution >= 4 is 5.69 Å². The van der Waals surface area contributed by atoms with Crippen LogP contribution < -0.4 is 5.32 Å². The van der Waals surface area contributed by atoms with Gasteiger partial charge in [0.25, 0.3) is 0 Å². The molecule has 0 fully saturated rings. The van der Waals surface area contributed by atoms with Gasteiger partial charge in [0.2, 0.25) is 0 Å². The molecule has 0 amide bonds. The minimum absolute atomic E-state index is 0.329. The third-order valence-electron chi connectivity index (χ3n) is 3.20. The first-order chi connectivity index (χ1) is 9.11. The van der Waals surface area contributed by atoms with Gasteiger partial charge in [0.05, 0.1) is 17.3 Å². The lowest BCUT2D eigenvalue weighted by atomic mass is 10.0. The molecule has 19 heavy (non-hydrogen) atoms. The van der Waals surface area contributed by atoms with Gasteiger partial charge in [0, 0.05) is 6.54 Å². The van der Waals surface area contributed by atoms with Crippen molar-refractivity contribution in [3.05, 3.63) is 64.5 Å². The fourth-order valence-electron chi connectivity index (χ4n) is 2.04. The molecule has 2 rings (SSSR count). The molecule has 0 unspecified atom stereocenters. The maximum absolute atomic E-state index is 13.7. The molecule has 2 aromatic carbocycles. The number of hydrogen-bond acceptors (Lipinski definition) is 2. The first-order valence-corrected chi connectivity index (χ1v) is 6.10. The second kappa shape index (κ2) is 5.53. The molecule has 0 radical (unpaired) electrons. The summed E-state index contributed by atoms with van der Waals surface area (Å²) >= 11 is 0. The van der Waals surface area contributed by atoms with Crippen LogP contribution in [0.25, 0.3) is 0 Å². The molecule has 1 N–H and O–H groups in total. The summed E-state index contributed by atoms with van der Waals surface area (Å²) in [6.07, 6.45) is 0. The molecule has 96 valence electrons. The molecule has 2 nitrogen and oxygen atoms in total. The molecule has 0 bridgehead atoms. The van der Waals surface area contributed by atoms with Crippen LogP contribution in [0.4, 0.5) is 10.1 Å². The van der Waals surface area contributed by atoms with E-state index < -0.39 is 5.82 Å². The Hall–Kier alpha value is -2.34. The van der Waals surface area contributed by atoms with Gasteiger partial charge < -0.3 is 5.32 Å². The van der Waals surface area contributed by atoms with E-state index in [2.05, 4.69) is 5.32 Å². The molecule has 0 aliphatic carbocycles. The summed E-state index contributed by atoms with van der Waals surface area (Å²) in [5, 5.41) is 11.8. The minimum atomic E-state index is -0.398. The molecular formula is C16H15FN2. The number of anilines is 1. The lowest BCUT2D eigenvalue weighted by Gasteiger charge is -2.12. The number of halogens is 1. The van der Waals surface area contributed by atoms with Gasteiger partial charge in [-0.05, 0) is 48.7 Å². The average molecular weight is 254 g/mol. The summed E-state index contributed by atoms with van der Waals surface area (Å²) in [4.78, 5) is 0. The Labute approximate surface area is 112 Å². The first kappa shape index (κ1) is 13.1. The van der Waals surface area contributed by atoms with Crippen LogP contribution in [0.15, 0.2) is 36.4 Å². The summed E-state index contributed by atoms with van der Waals surface area (Å²) in [7, 11) is 0. The number of nitriles is 1. The smallest absolute Gasteiger partial charge is 0.147 e. The molecule has 0 spiro atoms. The maximum atomic E-state index is 13.7. The zero-order valence-electron chi connectivity index (χ0n) is 11.0. The van der Waals surface area contributed by atoms with Crippen molar-refractivity contribution in [3.63, 3.8) is 0 Å². The Balaban J connectivity index is 2.17. The SMILES string of the molecule is Cc1cccc(C)c1CNc1ccc(C#N)cc1F. The number of aryl methyl sites for hydroxylation is 2. The Morgan fingerprint density at radius 1 is 1.16 bits per heavy atom. The highest BCUT2D eigenvalue weighted by Gasteiger charge is 2.05. The number of hydrogen-bond donors (Lipinski definition) is 1. The van der Waals surface area contributed by atoms with Gasteiger partial charge >= 0.3 is 0 Å². The van der Waals surface area contributed by atoms with E-state index in [9.17, 15) is 4.39 Å². The lowest BCUT2D eigenvalue weighted by molar-refractivity contribution is 0.629. The van der Waals surface area contributed by atoms with Crippen LogP contribution in [-0.2, 0) is 6.54 Å². The summed E-state index contributed by atoms with van der Waals surface area (Å²) in [5.74, 6) is -0.398. The molecule has 0 saturated heterocycles. The Kier molecular flexibility index (Phi) is 3.82. The van der Waals surface area contributed by atoms with Gasteiger partial charge in [-0.2, -0.15) is 5.26 Å². The van der Waals surface area contributed by atoms with Crippen LogP contribution in [0.1, 0.15) is 22.3 Å². The van der Waals surface area contributed by atoms with Gasteiger partial charge in [-0.3, -0.25) is 0 Å². The zero-order chi connectivity index (χ0) is 13.8. The molecule has 0 aromatic heterocycles. The van der Waals surface area contributed by atoms with Crippen molar-refractivity contribution in [2.75, 3.05) is 5.32 Å². The van der Waals surface area contributed by atoms with Crippen molar-refractivity contribution in [3.8, 4) is 6.07 Å². The highest BCUT2D eigenvalue weighted by molar-refractivity contribution is 5.50. The van der Waals surface area contributed by atoms with Crippen LogP contribution in [0, 0.1) is 31.0 Å². The second-order valence-corrected chi connectivity index (χ2v) is 4.53. The van der Waals surface area contributed by atoms with E-state index in [0.717, 1.165) is 0 Å². The van der Waals surface area contributed by atoms with E-state index in [0.29, 0.717) is 17.8 Å². The standard InChI is InChI=1S/C16H15FN2/c1-11-4-3-5-12(2)14(11)10-19-16-7-6-13(9-18)8-15(16)17/h3-8,19H,10H2,1-2H3. The Morgan fingerprint density at radius 2 is 1.84 bits per heavy atom. The lowest BCUT2D eigenvalue weighted by Crippen LogP contribution is -2.05. The summed E-state index contributed by atoms with van der Waals surface area (Å²) in [5.41, 5.74) is 4.28. The van der Waals surface area contributed by atoms with Crippen LogP contribution in [-0.4, -0.2) is 0 Å². The van der Waals surface area contributed by atoms with Crippen LogP contribution in [0.2, 0.25) is 0 Å². The topological polar surface area (TPSA) is 35.8 Å². The van der Waals surface area contributed by atoms with E-state index in [1.165, 1.54) is 22.8 Å². The molecule has 3 heteroatoms. The molecule has 0 atom stereocenters. The van der Waals surface area contributed by atoms with Crippen LogP contribution >= 0.6 is 0 Å². The van der Waals surface area contributed by atoms with Crippen molar-refractivity contribution in [1.29, 1.82) is 5.26 Å². The third-order valence-corrected chi connectivity index (χ3v) is 3.20. The monoisotopic (exact) mass is 254 g/mol. The van der Waals surface area contributed by atoms with Gasteiger partial charge in [0.1, 0.15) is 5.82 Å². The van der Waals surface area contributed by atoms with E-state index >= 15 is 0 Å². The number of rotatable bonds is 3. The van der Waals surface area contributed by atoms with Crippen LogP contribution in [0.3, 0.4) is 0 Å². The third kappa shape index (κ3) is 2.92. The fourth-order valence-corrected chi connectivity index (χ4v) is 2.04. The van der Waals surface area contributed by atoms with E-state index in [-0.39, 0.29) is 0 Å². The van der Waals surface area contributed by atoms with Crippen molar-refractivity contribution < 1.29 is 4.39 Å². The average Bonchev–Trinajstić information content (AvgIpc) is 2.39. The number of nitrogens with zero attached hydrogens (tertiary/aromatic N) is 1. The van der Waals surface area contributed by atoms with Gasteiger partial charge in [-0.15, -0.1) is 0 Å². The molecule has 0 aliphatic heterocycles. The highest BCUT2D eigenvalue weighted by atomic mass is 19.1. The highest BCUT2D eigenvalue weighted by Crippen LogP contribution is 2.19. The molecule has 0 heterocycles. The largest absolute Gasteiger partial charge is 0.379 e. The first-order valence-electron chi connectivity index (χ1n) is 6.10. The summed E-state index contributed by atoms with van der Waals surface area (Å²) < 4.78 is 13.7. The van der Waals surface area contributed by atoms with Crippen molar-refractivity contribution in [2.45, 2.75) is 20.4 Å². The minimum Gasteiger partial charge on any atom is -0.379 e. The van der Waals surface area contributed by atoms with E-state index in [1.54, 1.807) is 12.1 Å². The van der Waals surface area contributed by atoms with Gasteiger partial charge in [-0.1, -0.05) is 18.2 Å². The fraction of sp³-hybridized carbons (Fsp3) is 0.188. The summed E-state index contributed by atoms with van der Waals surface area (Å²) in [6, 6.07) is 12.5. The van der Waals surface area contributed by atoms with E-state index in [4.69, 9.17) is 5.26 Å². The quantitative estimate of drug-likeness (QED) is 0.900. The van der Waals surface area contributed by atoms with E-state index in [1.807, 2.05) is 38.1 Å². The Morgan fingerprint density at radius 3 is 2.42 bits per heavy atom. The molecule has 0 aliphatic rings. The zero-order valence-corrected chi connectivity index (χ0v) is 11.0. The number of nitrogens with one attached hydrogen (secondary N) is 1. The second-order valence-electron chi connectivity index (χ2n) is 4.53. The molecule has 0 saturated carbocycles. The maximum Gasteiger partial charge on any atom is 0.147 e. The summed E-state index contributed by atoms with van der Waals surface area (Å²) in [6.45, 7) is 4.65. The van der Waals surface area contributed by atoms with Gasteiger partial charge in [0.15, 0.2) is 0 Å². The van der Waals surface area contributed by atoms with Crippen molar-refractivity contribution in [1.82, 2.24) is 0 Å². The normalized spacial score (nSPS) is 10.0. The predicted molar refractivity (Wildman–Crippen MR) is 74.4 cm³/mol. The predicted octanol–water partition coefficient (Wildman–Crippen LogP) is 3.93.